The summed E-state index contributed by atoms with van der Waals surface area (Å²) in [6.07, 6.45) is 5.53. The monoisotopic (exact) mass is 380 g/mol. The Kier molecular flexibility index (Phi) is 6.30. The second-order valence-electron chi connectivity index (χ2n) is 7.54. The van der Waals surface area contributed by atoms with Crippen LogP contribution in [0.2, 0.25) is 5.02 Å². The second-order valence-corrected chi connectivity index (χ2v) is 7.95. The average Bonchev–Trinajstić information content (AvgIpc) is 3.25. The van der Waals surface area contributed by atoms with Crippen LogP contribution in [0, 0.1) is 5.92 Å². The third-order valence-electron chi connectivity index (χ3n) is 5.59. The minimum atomic E-state index is 0.329. The molecule has 1 heterocycles. The first kappa shape index (κ1) is 19.3. The molecule has 0 bridgehead atoms. The highest BCUT2D eigenvalue weighted by molar-refractivity contribution is 6.31. The van der Waals surface area contributed by atoms with E-state index in [4.69, 9.17) is 21.1 Å². The summed E-state index contributed by atoms with van der Waals surface area (Å²) >= 11 is 6.44. The van der Waals surface area contributed by atoms with E-state index in [0.717, 1.165) is 24.4 Å². The summed E-state index contributed by atoms with van der Waals surface area (Å²) in [5.74, 6) is 2.13. The molecule has 1 amide bonds. The van der Waals surface area contributed by atoms with Crippen molar-refractivity contribution in [2.75, 3.05) is 34.4 Å². The normalized spacial score (nSPS) is 21.0. The Hall–Kier alpha value is -1.46. The molecular formula is C20H29ClN2O3. The summed E-state index contributed by atoms with van der Waals surface area (Å²) in [5.41, 5.74) is 0.953. The standard InChI is InChI=1S/C20H29ClN2O3/c1-22(13-17-18(21)9-16(25-2)10-19(17)26-3)11-14-8-20(24)23(12-14)15-6-4-5-7-15/h9-10,14-15H,4-8,11-13H2,1-3H3. The minimum Gasteiger partial charge on any atom is -0.497 e. The molecule has 3 rings (SSSR count). The van der Waals surface area contributed by atoms with Crippen LogP contribution in [0.1, 0.15) is 37.7 Å². The molecule has 1 aromatic rings. The zero-order valence-corrected chi connectivity index (χ0v) is 16.7. The van der Waals surface area contributed by atoms with Crippen molar-refractivity contribution in [3.05, 3.63) is 22.7 Å². The van der Waals surface area contributed by atoms with Gasteiger partial charge in [-0.1, -0.05) is 24.4 Å². The smallest absolute Gasteiger partial charge is 0.223 e. The number of hydrogen-bond acceptors (Lipinski definition) is 4. The maximum absolute atomic E-state index is 12.4. The fourth-order valence-electron chi connectivity index (χ4n) is 4.32. The van der Waals surface area contributed by atoms with Crippen LogP contribution < -0.4 is 9.47 Å². The predicted molar refractivity (Wildman–Crippen MR) is 103 cm³/mol. The van der Waals surface area contributed by atoms with Gasteiger partial charge in [0.15, 0.2) is 0 Å². The molecule has 1 aliphatic carbocycles. The van der Waals surface area contributed by atoms with Gasteiger partial charge in [0.2, 0.25) is 5.91 Å². The number of likely N-dealkylation sites (tertiary alicyclic amines) is 1. The van der Waals surface area contributed by atoms with Gasteiger partial charge in [-0.05, 0) is 31.9 Å². The minimum absolute atomic E-state index is 0.329. The lowest BCUT2D eigenvalue weighted by atomic mass is 10.1. The van der Waals surface area contributed by atoms with Crippen LogP contribution in [0.15, 0.2) is 12.1 Å². The summed E-state index contributed by atoms with van der Waals surface area (Å²) in [5, 5.41) is 0.642. The molecule has 26 heavy (non-hydrogen) atoms. The molecule has 144 valence electrons. The number of carbonyl (C=O) groups excluding carboxylic acids is 1. The van der Waals surface area contributed by atoms with Crippen molar-refractivity contribution in [1.29, 1.82) is 0 Å². The van der Waals surface area contributed by atoms with Gasteiger partial charge in [0, 0.05) is 43.7 Å². The second kappa shape index (κ2) is 8.49. The van der Waals surface area contributed by atoms with Crippen molar-refractivity contribution in [2.24, 2.45) is 5.92 Å². The maximum atomic E-state index is 12.4. The third-order valence-corrected chi connectivity index (χ3v) is 5.92. The first-order chi connectivity index (χ1) is 12.5. The lowest BCUT2D eigenvalue weighted by Crippen LogP contribution is -2.35. The van der Waals surface area contributed by atoms with E-state index in [1.54, 1.807) is 14.2 Å². The van der Waals surface area contributed by atoms with Gasteiger partial charge < -0.3 is 19.3 Å². The number of halogens is 1. The van der Waals surface area contributed by atoms with Crippen LogP contribution in [-0.2, 0) is 11.3 Å². The van der Waals surface area contributed by atoms with E-state index in [9.17, 15) is 4.79 Å². The summed E-state index contributed by atoms with van der Waals surface area (Å²) in [6.45, 7) is 2.45. The Morgan fingerprint density at radius 3 is 2.62 bits per heavy atom. The average molecular weight is 381 g/mol. The Morgan fingerprint density at radius 1 is 1.23 bits per heavy atom. The van der Waals surface area contributed by atoms with Crippen molar-refractivity contribution < 1.29 is 14.3 Å². The Bertz CT molecular complexity index is 646. The highest BCUT2D eigenvalue weighted by atomic mass is 35.5. The van der Waals surface area contributed by atoms with E-state index < -0.39 is 0 Å². The van der Waals surface area contributed by atoms with E-state index >= 15 is 0 Å². The van der Waals surface area contributed by atoms with Crippen LogP contribution in [-0.4, -0.2) is 56.1 Å². The zero-order valence-electron chi connectivity index (χ0n) is 16.0. The van der Waals surface area contributed by atoms with Gasteiger partial charge >= 0.3 is 0 Å². The number of ether oxygens (including phenoxy) is 2. The fourth-order valence-corrected chi connectivity index (χ4v) is 4.58. The molecule has 1 atom stereocenters. The van der Waals surface area contributed by atoms with Gasteiger partial charge in [0.25, 0.3) is 0 Å². The molecule has 0 aromatic heterocycles. The molecule has 0 radical (unpaired) electrons. The van der Waals surface area contributed by atoms with Crippen molar-refractivity contribution in [1.82, 2.24) is 9.80 Å². The van der Waals surface area contributed by atoms with E-state index in [1.165, 1.54) is 25.7 Å². The molecular weight excluding hydrogens is 352 g/mol. The first-order valence-electron chi connectivity index (χ1n) is 9.40. The van der Waals surface area contributed by atoms with E-state index in [2.05, 4.69) is 16.8 Å². The first-order valence-corrected chi connectivity index (χ1v) is 9.78. The van der Waals surface area contributed by atoms with Gasteiger partial charge in [0.05, 0.1) is 19.2 Å². The molecule has 1 saturated carbocycles. The number of hydrogen-bond donors (Lipinski definition) is 0. The van der Waals surface area contributed by atoms with Crippen molar-refractivity contribution in [3.8, 4) is 11.5 Å². The highest BCUT2D eigenvalue weighted by Crippen LogP contribution is 2.34. The maximum Gasteiger partial charge on any atom is 0.223 e. The fraction of sp³-hybridized carbons (Fsp3) is 0.650. The topological polar surface area (TPSA) is 42.0 Å². The van der Waals surface area contributed by atoms with Crippen LogP contribution in [0.5, 0.6) is 11.5 Å². The number of carbonyl (C=O) groups is 1. The molecule has 1 unspecified atom stereocenters. The van der Waals surface area contributed by atoms with Crippen LogP contribution >= 0.6 is 11.6 Å². The van der Waals surface area contributed by atoms with Crippen molar-refractivity contribution in [2.45, 2.75) is 44.7 Å². The van der Waals surface area contributed by atoms with Gasteiger partial charge in [-0.3, -0.25) is 4.79 Å². The third kappa shape index (κ3) is 4.26. The number of benzene rings is 1. The summed E-state index contributed by atoms with van der Waals surface area (Å²) < 4.78 is 10.7. The van der Waals surface area contributed by atoms with E-state index in [1.807, 2.05) is 12.1 Å². The number of amides is 1. The predicted octanol–water partition coefficient (Wildman–Crippen LogP) is 3.58. The van der Waals surface area contributed by atoms with Crippen molar-refractivity contribution in [3.63, 3.8) is 0 Å². The number of nitrogens with zero attached hydrogens (tertiary/aromatic N) is 2. The molecule has 1 aromatic carbocycles. The summed E-state index contributed by atoms with van der Waals surface area (Å²) in [4.78, 5) is 16.7. The van der Waals surface area contributed by atoms with Crippen LogP contribution in [0.4, 0.5) is 0 Å². The highest BCUT2D eigenvalue weighted by Gasteiger charge is 2.35. The Balaban J connectivity index is 1.61. The van der Waals surface area contributed by atoms with Crippen LogP contribution in [0.25, 0.3) is 0 Å². The van der Waals surface area contributed by atoms with Gasteiger partial charge in [-0.15, -0.1) is 0 Å². The number of rotatable bonds is 7. The van der Waals surface area contributed by atoms with Gasteiger partial charge in [-0.25, -0.2) is 0 Å². The molecule has 0 N–H and O–H groups in total. The molecule has 2 aliphatic rings. The Labute approximate surface area is 161 Å². The number of methoxy groups -OCH3 is 2. The zero-order chi connectivity index (χ0) is 18.7. The molecule has 1 saturated heterocycles. The van der Waals surface area contributed by atoms with Crippen molar-refractivity contribution >= 4 is 17.5 Å². The largest absolute Gasteiger partial charge is 0.497 e. The molecule has 5 nitrogen and oxygen atoms in total. The van der Waals surface area contributed by atoms with Crippen LogP contribution in [0.3, 0.4) is 0 Å². The molecule has 0 spiro atoms. The Morgan fingerprint density at radius 2 is 1.96 bits per heavy atom. The van der Waals surface area contributed by atoms with E-state index in [-0.39, 0.29) is 0 Å². The lowest BCUT2D eigenvalue weighted by molar-refractivity contribution is -0.129. The lowest BCUT2D eigenvalue weighted by Gasteiger charge is -2.26. The summed E-state index contributed by atoms with van der Waals surface area (Å²) in [7, 11) is 5.33. The van der Waals surface area contributed by atoms with Gasteiger partial charge in [-0.2, -0.15) is 0 Å². The van der Waals surface area contributed by atoms with Gasteiger partial charge in [0.1, 0.15) is 11.5 Å². The quantitative estimate of drug-likeness (QED) is 0.725. The van der Waals surface area contributed by atoms with E-state index in [0.29, 0.717) is 41.6 Å². The molecule has 2 fully saturated rings. The molecule has 6 heteroatoms. The molecule has 1 aliphatic heterocycles. The SMILES string of the molecule is COc1cc(Cl)c(CN(C)CC2CC(=O)N(C3CCCC3)C2)c(OC)c1. The summed E-state index contributed by atoms with van der Waals surface area (Å²) in [6, 6.07) is 4.15.